The van der Waals surface area contributed by atoms with Gasteiger partial charge in [0.1, 0.15) is 6.04 Å². The van der Waals surface area contributed by atoms with Crippen molar-refractivity contribution in [3.05, 3.63) is 108 Å². The maximum Gasteiger partial charge on any atom is 0.326 e. The van der Waals surface area contributed by atoms with Gasteiger partial charge in [-0.1, -0.05) is 104 Å². The number of carbonyl (C=O) groups is 2. The highest BCUT2D eigenvalue weighted by atomic mass is 16.4. The number of amides is 1. The smallest absolute Gasteiger partial charge is 0.326 e. The van der Waals surface area contributed by atoms with Crippen LogP contribution < -0.4 is 5.32 Å². The van der Waals surface area contributed by atoms with E-state index in [4.69, 9.17) is 0 Å². The topological polar surface area (TPSA) is 66.4 Å². The summed E-state index contributed by atoms with van der Waals surface area (Å²) in [6.45, 7) is 0. The fourth-order valence-corrected chi connectivity index (χ4v) is 4.37. The van der Waals surface area contributed by atoms with E-state index in [0.29, 0.717) is 12.3 Å². The third-order valence-electron chi connectivity index (χ3n) is 6.12. The minimum atomic E-state index is -0.968. The molecule has 1 aliphatic carbocycles. The van der Waals surface area contributed by atoms with Crippen LogP contribution in [0.1, 0.15) is 42.4 Å². The molecule has 1 amide bonds. The number of benzene rings is 3. The van der Waals surface area contributed by atoms with Crippen LogP contribution in [-0.2, 0) is 15.0 Å². The zero-order valence-corrected chi connectivity index (χ0v) is 17.4. The predicted octanol–water partition coefficient (Wildman–Crippen LogP) is 4.78. The Morgan fingerprint density at radius 1 is 0.806 bits per heavy atom. The Labute approximate surface area is 182 Å². The van der Waals surface area contributed by atoms with E-state index in [-0.39, 0.29) is 12.3 Å². The van der Waals surface area contributed by atoms with Gasteiger partial charge in [-0.15, -0.1) is 0 Å². The van der Waals surface area contributed by atoms with Gasteiger partial charge in [-0.25, -0.2) is 4.79 Å². The van der Waals surface area contributed by atoms with Crippen molar-refractivity contribution in [2.45, 2.75) is 37.1 Å². The highest BCUT2D eigenvalue weighted by Crippen LogP contribution is 2.42. The molecule has 0 aromatic heterocycles. The second kappa shape index (κ2) is 9.17. The number of carboxylic acids is 1. The average molecular weight is 414 g/mol. The molecular formula is C27H27NO3. The molecule has 4 nitrogen and oxygen atoms in total. The molecule has 31 heavy (non-hydrogen) atoms. The van der Waals surface area contributed by atoms with Crippen LogP contribution >= 0.6 is 0 Å². The summed E-state index contributed by atoms with van der Waals surface area (Å²) in [6, 6.07) is 29.1. The molecule has 1 fully saturated rings. The van der Waals surface area contributed by atoms with Crippen LogP contribution in [0.4, 0.5) is 0 Å². The van der Waals surface area contributed by atoms with E-state index in [1.54, 1.807) is 0 Å². The first-order valence-corrected chi connectivity index (χ1v) is 10.8. The predicted molar refractivity (Wildman–Crippen MR) is 121 cm³/mol. The van der Waals surface area contributed by atoms with E-state index in [1.165, 1.54) is 0 Å². The maximum absolute atomic E-state index is 13.3. The lowest BCUT2D eigenvalue weighted by Gasteiger charge is -2.36. The molecule has 0 heterocycles. The van der Waals surface area contributed by atoms with E-state index in [1.807, 2.05) is 91.0 Å². The van der Waals surface area contributed by atoms with E-state index in [0.717, 1.165) is 29.5 Å². The molecule has 0 spiro atoms. The van der Waals surface area contributed by atoms with Gasteiger partial charge in [-0.05, 0) is 29.0 Å². The van der Waals surface area contributed by atoms with Gasteiger partial charge in [0.25, 0.3) is 0 Å². The molecule has 0 aliphatic heterocycles. The van der Waals surface area contributed by atoms with Gasteiger partial charge in [0, 0.05) is 6.42 Å². The van der Waals surface area contributed by atoms with Crippen LogP contribution in [0.2, 0.25) is 0 Å². The van der Waals surface area contributed by atoms with Gasteiger partial charge in [0.2, 0.25) is 5.91 Å². The first kappa shape index (κ1) is 20.9. The fraction of sp³-hybridized carbons (Fsp3) is 0.259. The van der Waals surface area contributed by atoms with E-state index >= 15 is 0 Å². The molecule has 2 N–H and O–H groups in total. The molecule has 158 valence electrons. The lowest BCUT2D eigenvalue weighted by molar-refractivity contribution is -0.142. The van der Waals surface area contributed by atoms with Gasteiger partial charge in [0.05, 0.1) is 5.41 Å². The monoisotopic (exact) mass is 413 g/mol. The second-order valence-corrected chi connectivity index (χ2v) is 8.32. The summed E-state index contributed by atoms with van der Waals surface area (Å²) in [5.74, 6) is -0.821. The molecule has 1 saturated carbocycles. The van der Waals surface area contributed by atoms with E-state index in [9.17, 15) is 14.7 Å². The number of rotatable bonds is 9. The first-order valence-electron chi connectivity index (χ1n) is 10.8. The molecule has 0 bridgehead atoms. The zero-order chi connectivity index (χ0) is 21.7. The Kier molecular flexibility index (Phi) is 6.17. The Morgan fingerprint density at radius 3 is 1.58 bits per heavy atom. The number of hydrogen-bond donors (Lipinski definition) is 2. The van der Waals surface area contributed by atoms with Crippen molar-refractivity contribution in [2.24, 2.45) is 5.92 Å². The Balaban J connectivity index is 1.76. The fourth-order valence-electron chi connectivity index (χ4n) is 4.37. The highest BCUT2D eigenvalue weighted by Gasteiger charge is 2.39. The van der Waals surface area contributed by atoms with Crippen LogP contribution in [-0.4, -0.2) is 23.0 Å². The highest BCUT2D eigenvalue weighted by molar-refractivity contribution is 5.85. The molecule has 4 rings (SSSR count). The van der Waals surface area contributed by atoms with Crippen molar-refractivity contribution >= 4 is 11.9 Å². The third kappa shape index (κ3) is 4.69. The number of carboxylic acid groups (broad SMARTS) is 1. The lowest BCUT2D eigenvalue weighted by atomic mass is 9.67. The Bertz CT molecular complexity index is 917. The van der Waals surface area contributed by atoms with Crippen LogP contribution in [0.3, 0.4) is 0 Å². The largest absolute Gasteiger partial charge is 0.480 e. The van der Waals surface area contributed by atoms with Gasteiger partial charge in [-0.3, -0.25) is 4.79 Å². The lowest BCUT2D eigenvalue weighted by Crippen LogP contribution is -2.44. The van der Waals surface area contributed by atoms with Crippen LogP contribution in [0.25, 0.3) is 0 Å². The number of aliphatic carboxylic acids is 1. The first-order chi connectivity index (χ1) is 15.1. The maximum atomic E-state index is 13.3. The standard InChI is InChI=1S/C27H27NO3/c29-25(28-24(26(30)31)18-20-16-17-20)19-27(21-10-4-1-5-11-21,22-12-6-2-7-13-22)23-14-8-3-9-15-23/h1-15,20,24H,16-19H2,(H,28,29)(H,30,31)/t24-/m1/s1. The minimum Gasteiger partial charge on any atom is -0.480 e. The third-order valence-corrected chi connectivity index (χ3v) is 6.12. The molecule has 0 unspecified atom stereocenters. The zero-order valence-electron chi connectivity index (χ0n) is 17.4. The van der Waals surface area contributed by atoms with Crippen molar-refractivity contribution < 1.29 is 14.7 Å². The number of hydrogen-bond acceptors (Lipinski definition) is 2. The van der Waals surface area contributed by atoms with Gasteiger partial charge in [0.15, 0.2) is 0 Å². The number of carbonyl (C=O) groups excluding carboxylic acids is 1. The normalized spacial score (nSPS) is 14.6. The van der Waals surface area contributed by atoms with Gasteiger partial charge in [-0.2, -0.15) is 0 Å². The Morgan fingerprint density at radius 2 is 1.23 bits per heavy atom. The van der Waals surface area contributed by atoms with Crippen molar-refractivity contribution in [2.75, 3.05) is 0 Å². The summed E-state index contributed by atoms with van der Waals surface area (Å²) < 4.78 is 0. The van der Waals surface area contributed by atoms with Crippen LogP contribution in [0.15, 0.2) is 91.0 Å². The summed E-state index contributed by atoms with van der Waals surface area (Å²) in [5, 5.41) is 12.4. The summed E-state index contributed by atoms with van der Waals surface area (Å²) in [5.41, 5.74) is 2.26. The summed E-state index contributed by atoms with van der Waals surface area (Å²) in [7, 11) is 0. The van der Waals surface area contributed by atoms with E-state index in [2.05, 4.69) is 5.32 Å². The molecule has 0 radical (unpaired) electrons. The van der Waals surface area contributed by atoms with Crippen molar-refractivity contribution in [3.63, 3.8) is 0 Å². The summed E-state index contributed by atoms with van der Waals surface area (Å²) >= 11 is 0. The average Bonchev–Trinajstić information content (AvgIpc) is 3.63. The van der Waals surface area contributed by atoms with Gasteiger partial charge >= 0.3 is 5.97 Å². The molecule has 0 saturated heterocycles. The van der Waals surface area contributed by atoms with Crippen molar-refractivity contribution in [1.29, 1.82) is 0 Å². The summed E-state index contributed by atoms with van der Waals surface area (Å²) in [6.07, 6.45) is 2.71. The SMILES string of the molecule is O=C(CC(c1ccccc1)(c1ccccc1)c1ccccc1)N[C@H](CC1CC1)C(=O)O. The quantitative estimate of drug-likeness (QED) is 0.496. The minimum absolute atomic E-state index is 0.124. The molecular weight excluding hydrogens is 386 g/mol. The second-order valence-electron chi connectivity index (χ2n) is 8.32. The molecule has 1 atom stereocenters. The molecule has 3 aromatic carbocycles. The van der Waals surface area contributed by atoms with Crippen molar-refractivity contribution in [3.8, 4) is 0 Å². The van der Waals surface area contributed by atoms with Crippen LogP contribution in [0.5, 0.6) is 0 Å². The number of nitrogens with one attached hydrogen (secondary N) is 1. The summed E-state index contributed by atoms with van der Waals surface area (Å²) in [4.78, 5) is 25.1. The Hall–Kier alpha value is -3.40. The molecule has 4 heteroatoms. The molecule has 3 aromatic rings. The van der Waals surface area contributed by atoms with E-state index < -0.39 is 17.4 Å². The van der Waals surface area contributed by atoms with Gasteiger partial charge < -0.3 is 10.4 Å². The molecule has 1 aliphatic rings. The van der Waals surface area contributed by atoms with Crippen molar-refractivity contribution in [1.82, 2.24) is 5.32 Å². The van der Waals surface area contributed by atoms with Crippen LogP contribution in [0, 0.1) is 5.92 Å².